The topological polar surface area (TPSA) is 47.6 Å². The fraction of sp³-hybridized carbons (Fsp3) is 0.500. The Morgan fingerprint density at radius 2 is 1.89 bits per heavy atom. The molecule has 0 aliphatic carbocycles. The first kappa shape index (κ1) is 14.4. The minimum Gasteiger partial charge on any atom is -0.493 e. The van der Waals surface area contributed by atoms with Crippen LogP contribution in [0.4, 0.5) is 0 Å². The van der Waals surface area contributed by atoms with Crippen LogP contribution in [-0.2, 0) is 4.79 Å². The first-order chi connectivity index (χ1) is 8.76. The van der Waals surface area contributed by atoms with Gasteiger partial charge in [0.2, 0.25) is 5.91 Å². The summed E-state index contributed by atoms with van der Waals surface area (Å²) in [5.74, 6) is 1.64. The smallest absolute Gasteiger partial charge is 0.219 e. The Morgan fingerprint density at radius 1 is 1.22 bits per heavy atom. The summed E-state index contributed by atoms with van der Waals surface area (Å²) in [6.45, 7) is 3.31. The molecule has 0 aromatic heterocycles. The van der Waals surface area contributed by atoms with E-state index in [0.717, 1.165) is 17.9 Å². The zero-order chi connectivity index (χ0) is 13.2. The molecule has 18 heavy (non-hydrogen) atoms. The second kappa shape index (κ2) is 8.39. The van der Waals surface area contributed by atoms with Crippen molar-refractivity contribution < 1.29 is 14.3 Å². The zero-order valence-corrected chi connectivity index (χ0v) is 11.1. The molecule has 0 fully saturated rings. The molecule has 0 saturated carbocycles. The zero-order valence-electron chi connectivity index (χ0n) is 11.1. The quantitative estimate of drug-likeness (QED) is 0.722. The van der Waals surface area contributed by atoms with E-state index in [2.05, 4.69) is 12.2 Å². The Kier molecular flexibility index (Phi) is 6.69. The van der Waals surface area contributed by atoms with Gasteiger partial charge in [-0.2, -0.15) is 0 Å². The highest BCUT2D eigenvalue weighted by atomic mass is 16.5. The van der Waals surface area contributed by atoms with Crippen LogP contribution < -0.4 is 14.8 Å². The monoisotopic (exact) mass is 251 g/mol. The lowest BCUT2D eigenvalue weighted by Gasteiger charge is -2.08. The van der Waals surface area contributed by atoms with E-state index in [1.165, 1.54) is 0 Å². The number of hydrogen-bond acceptors (Lipinski definition) is 3. The summed E-state index contributed by atoms with van der Waals surface area (Å²) in [5, 5.41) is 2.58. The van der Waals surface area contributed by atoms with Gasteiger partial charge < -0.3 is 14.8 Å². The number of hydrogen-bond donors (Lipinski definition) is 1. The van der Waals surface area contributed by atoms with Crippen LogP contribution >= 0.6 is 0 Å². The highest BCUT2D eigenvalue weighted by Gasteiger charge is 2.00. The molecule has 0 aliphatic rings. The van der Waals surface area contributed by atoms with Crippen molar-refractivity contribution in [1.29, 1.82) is 0 Å². The molecule has 0 saturated heterocycles. The van der Waals surface area contributed by atoms with Gasteiger partial charge in [0.05, 0.1) is 13.2 Å². The van der Waals surface area contributed by atoms with E-state index in [1.807, 2.05) is 24.3 Å². The Labute approximate surface area is 108 Å². The molecule has 0 unspecified atom stereocenters. The Bertz CT molecular complexity index is 366. The van der Waals surface area contributed by atoms with Gasteiger partial charge in [-0.3, -0.25) is 4.79 Å². The Morgan fingerprint density at radius 3 is 2.50 bits per heavy atom. The number of rotatable bonds is 8. The van der Waals surface area contributed by atoms with Crippen molar-refractivity contribution in [1.82, 2.24) is 5.32 Å². The third-order valence-corrected chi connectivity index (χ3v) is 2.37. The van der Waals surface area contributed by atoms with Gasteiger partial charge in [-0.15, -0.1) is 0 Å². The molecule has 0 atom stereocenters. The second-order valence-corrected chi connectivity index (χ2v) is 3.95. The Balaban J connectivity index is 2.31. The maximum atomic E-state index is 11.0. The van der Waals surface area contributed by atoms with Gasteiger partial charge in [0.1, 0.15) is 11.5 Å². The number of nitrogens with one attached hydrogen (secondary N) is 1. The molecule has 0 spiro atoms. The van der Waals surface area contributed by atoms with Gasteiger partial charge >= 0.3 is 0 Å². The van der Waals surface area contributed by atoms with E-state index in [1.54, 1.807) is 7.05 Å². The molecule has 100 valence electrons. The molecule has 1 rings (SSSR count). The minimum atomic E-state index is 0.0404. The van der Waals surface area contributed by atoms with E-state index in [-0.39, 0.29) is 5.91 Å². The molecule has 0 radical (unpaired) electrons. The average Bonchev–Trinajstić information content (AvgIpc) is 2.41. The number of ether oxygens (including phenoxy) is 2. The summed E-state index contributed by atoms with van der Waals surface area (Å²) in [7, 11) is 1.64. The van der Waals surface area contributed by atoms with Crippen LogP contribution in [0.3, 0.4) is 0 Å². The van der Waals surface area contributed by atoms with E-state index >= 15 is 0 Å². The fourth-order valence-corrected chi connectivity index (χ4v) is 1.42. The van der Waals surface area contributed by atoms with Crippen molar-refractivity contribution in [2.45, 2.75) is 26.2 Å². The highest BCUT2D eigenvalue weighted by molar-refractivity contribution is 5.75. The summed E-state index contributed by atoms with van der Waals surface area (Å²) in [4.78, 5) is 11.0. The highest BCUT2D eigenvalue weighted by Crippen LogP contribution is 2.19. The number of amides is 1. The van der Waals surface area contributed by atoms with Gasteiger partial charge in [0.15, 0.2) is 0 Å². The molecular weight excluding hydrogens is 230 g/mol. The van der Waals surface area contributed by atoms with Gasteiger partial charge in [0.25, 0.3) is 0 Å². The van der Waals surface area contributed by atoms with Crippen molar-refractivity contribution in [2.75, 3.05) is 20.3 Å². The maximum absolute atomic E-state index is 11.0. The fourth-order valence-electron chi connectivity index (χ4n) is 1.42. The third kappa shape index (κ3) is 5.57. The van der Waals surface area contributed by atoms with Crippen LogP contribution in [0.15, 0.2) is 24.3 Å². The predicted molar refractivity (Wildman–Crippen MR) is 71.0 cm³/mol. The SMILES string of the molecule is CCCOc1cccc(OCCCC(=O)NC)c1. The van der Waals surface area contributed by atoms with E-state index < -0.39 is 0 Å². The van der Waals surface area contributed by atoms with Crippen LogP contribution in [0.25, 0.3) is 0 Å². The van der Waals surface area contributed by atoms with Crippen LogP contribution in [0.1, 0.15) is 26.2 Å². The molecule has 4 heteroatoms. The molecule has 0 aliphatic heterocycles. The summed E-state index contributed by atoms with van der Waals surface area (Å²) < 4.78 is 11.1. The molecule has 1 N–H and O–H groups in total. The normalized spacial score (nSPS) is 9.89. The summed E-state index contributed by atoms with van der Waals surface area (Å²) >= 11 is 0. The van der Waals surface area contributed by atoms with Crippen molar-refractivity contribution in [3.63, 3.8) is 0 Å². The maximum Gasteiger partial charge on any atom is 0.219 e. The first-order valence-corrected chi connectivity index (χ1v) is 6.32. The van der Waals surface area contributed by atoms with Gasteiger partial charge in [-0.25, -0.2) is 0 Å². The van der Waals surface area contributed by atoms with E-state index in [0.29, 0.717) is 26.1 Å². The van der Waals surface area contributed by atoms with Gasteiger partial charge in [-0.1, -0.05) is 13.0 Å². The first-order valence-electron chi connectivity index (χ1n) is 6.32. The number of benzene rings is 1. The van der Waals surface area contributed by atoms with E-state index in [4.69, 9.17) is 9.47 Å². The standard InChI is InChI=1S/C14H21NO3/c1-3-9-17-12-6-4-7-13(11-12)18-10-5-8-14(16)15-2/h4,6-7,11H,3,5,8-10H2,1-2H3,(H,15,16). The molecule has 1 aromatic carbocycles. The predicted octanol–water partition coefficient (Wildman–Crippen LogP) is 2.38. The summed E-state index contributed by atoms with van der Waals surface area (Å²) in [6, 6.07) is 7.57. The molecule has 4 nitrogen and oxygen atoms in total. The number of carbonyl (C=O) groups is 1. The number of carbonyl (C=O) groups excluding carboxylic acids is 1. The van der Waals surface area contributed by atoms with Crippen LogP contribution in [-0.4, -0.2) is 26.2 Å². The summed E-state index contributed by atoms with van der Waals surface area (Å²) in [5.41, 5.74) is 0. The summed E-state index contributed by atoms with van der Waals surface area (Å²) in [6.07, 6.45) is 2.18. The molecule has 0 bridgehead atoms. The van der Waals surface area contributed by atoms with Gasteiger partial charge in [-0.05, 0) is 25.0 Å². The molecule has 1 aromatic rings. The molecule has 0 heterocycles. The van der Waals surface area contributed by atoms with Gasteiger partial charge in [0, 0.05) is 19.5 Å². The van der Waals surface area contributed by atoms with E-state index in [9.17, 15) is 4.79 Å². The van der Waals surface area contributed by atoms with Crippen molar-refractivity contribution in [2.24, 2.45) is 0 Å². The molecule has 1 amide bonds. The average molecular weight is 251 g/mol. The van der Waals surface area contributed by atoms with Crippen molar-refractivity contribution >= 4 is 5.91 Å². The second-order valence-electron chi connectivity index (χ2n) is 3.95. The lowest BCUT2D eigenvalue weighted by atomic mass is 10.3. The van der Waals surface area contributed by atoms with Crippen molar-refractivity contribution in [3.8, 4) is 11.5 Å². The Hall–Kier alpha value is -1.71. The van der Waals surface area contributed by atoms with Crippen molar-refractivity contribution in [3.05, 3.63) is 24.3 Å². The van der Waals surface area contributed by atoms with Crippen LogP contribution in [0, 0.1) is 0 Å². The minimum absolute atomic E-state index is 0.0404. The molecular formula is C14H21NO3. The largest absolute Gasteiger partial charge is 0.493 e. The van der Waals surface area contributed by atoms with Crippen LogP contribution in [0.5, 0.6) is 11.5 Å². The lowest BCUT2D eigenvalue weighted by molar-refractivity contribution is -0.120. The van der Waals surface area contributed by atoms with Crippen LogP contribution in [0.2, 0.25) is 0 Å². The third-order valence-electron chi connectivity index (χ3n) is 2.37. The lowest BCUT2D eigenvalue weighted by Crippen LogP contribution is -2.18.